The molecular formula is C12H24N2OS. The SMILES string of the molecule is CCCCN(CCC(N)=S)C(=O)CC(C)C. The Hall–Kier alpha value is -0.640. The van der Waals surface area contributed by atoms with E-state index in [1.54, 1.807) is 0 Å². The maximum absolute atomic E-state index is 11.9. The van der Waals surface area contributed by atoms with Crippen LogP contribution < -0.4 is 5.73 Å². The molecule has 0 bridgehead atoms. The molecular weight excluding hydrogens is 220 g/mol. The lowest BCUT2D eigenvalue weighted by atomic mass is 10.1. The number of nitrogens with two attached hydrogens (primary N) is 1. The number of unbranched alkanes of at least 4 members (excludes halogenated alkanes) is 1. The van der Waals surface area contributed by atoms with Crippen molar-refractivity contribution < 1.29 is 4.79 Å². The second-order valence-corrected chi connectivity index (χ2v) is 5.07. The number of amides is 1. The monoisotopic (exact) mass is 244 g/mol. The van der Waals surface area contributed by atoms with Crippen molar-refractivity contribution in [3.8, 4) is 0 Å². The molecule has 4 heteroatoms. The molecule has 0 atom stereocenters. The fraction of sp³-hybridized carbons (Fsp3) is 0.833. The van der Waals surface area contributed by atoms with Crippen molar-refractivity contribution in [3.05, 3.63) is 0 Å². The molecule has 2 N–H and O–H groups in total. The second-order valence-electron chi connectivity index (χ2n) is 4.55. The molecule has 0 unspecified atom stereocenters. The van der Waals surface area contributed by atoms with Crippen LogP contribution >= 0.6 is 12.2 Å². The summed E-state index contributed by atoms with van der Waals surface area (Å²) in [5.74, 6) is 0.626. The minimum Gasteiger partial charge on any atom is -0.393 e. The van der Waals surface area contributed by atoms with Gasteiger partial charge in [-0.15, -0.1) is 0 Å². The quantitative estimate of drug-likeness (QED) is 0.667. The summed E-state index contributed by atoms with van der Waals surface area (Å²) in [4.78, 5) is 14.3. The van der Waals surface area contributed by atoms with E-state index in [1.807, 2.05) is 4.90 Å². The molecule has 16 heavy (non-hydrogen) atoms. The molecule has 0 aromatic carbocycles. The first kappa shape index (κ1) is 15.4. The largest absolute Gasteiger partial charge is 0.393 e. The van der Waals surface area contributed by atoms with Gasteiger partial charge in [0.1, 0.15) is 0 Å². The van der Waals surface area contributed by atoms with Crippen LogP contribution in [-0.2, 0) is 4.79 Å². The van der Waals surface area contributed by atoms with Crippen molar-refractivity contribution in [1.29, 1.82) is 0 Å². The average Bonchev–Trinajstić information content (AvgIpc) is 2.16. The molecule has 94 valence electrons. The van der Waals surface area contributed by atoms with Crippen LogP contribution in [-0.4, -0.2) is 28.9 Å². The van der Waals surface area contributed by atoms with E-state index in [0.717, 1.165) is 19.4 Å². The molecule has 0 heterocycles. The number of carbonyl (C=O) groups excluding carboxylic acids is 1. The summed E-state index contributed by atoms with van der Waals surface area (Å²) in [7, 11) is 0. The van der Waals surface area contributed by atoms with E-state index in [9.17, 15) is 4.79 Å². The third-order valence-electron chi connectivity index (χ3n) is 2.35. The summed E-state index contributed by atoms with van der Waals surface area (Å²) in [6.07, 6.45) is 3.38. The minimum absolute atomic E-state index is 0.222. The first-order chi connectivity index (χ1) is 7.47. The molecule has 0 aliphatic rings. The van der Waals surface area contributed by atoms with Gasteiger partial charge in [-0.05, 0) is 12.3 Å². The van der Waals surface area contributed by atoms with Gasteiger partial charge in [0.2, 0.25) is 5.91 Å². The molecule has 0 saturated heterocycles. The first-order valence-corrected chi connectivity index (χ1v) is 6.44. The van der Waals surface area contributed by atoms with Gasteiger partial charge < -0.3 is 10.6 Å². The Morgan fingerprint density at radius 1 is 1.38 bits per heavy atom. The van der Waals surface area contributed by atoms with Crippen LogP contribution in [0.15, 0.2) is 0 Å². The van der Waals surface area contributed by atoms with Crippen molar-refractivity contribution in [3.63, 3.8) is 0 Å². The van der Waals surface area contributed by atoms with Crippen LogP contribution in [0.25, 0.3) is 0 Å². The van der Waals surface area contributed by atoms with Gasteiger partial charge in [-0.3, -0.25) is 4.79 Å². The van der Waals surface area contributed by atoms with Crippen LogP contribution in [0.1, 0.15) is 46.5 Å². The second kappa shape index (κ2) is 8.50. The lowest BCUT2D eigenvalue weighted by Gasteiger charge is -2.23. The predicted octanol–water partition coefficient (Wildman–Crippen LogP) is 2.34. The third kappa shape index (κ3) is 7.63. The highest BCUT2D eigenvalue weighted by atomic mass is 32.1. The zero-order valence-electron chi connectivity index (χ0n) is 10.7. The number of thiocarbonyl (C=S) groups is 1. The smallest absolute Gasteiger partial charge is 0.222 e. The highest BCUT2D eigenvalue weighted by Crippen LogP contribution is 2.06. The molecule has 0 rings (SSSR count). The van der Waals surface area contributed by atoms with E-state index < -0.39 is 0 Å². The molecule has 0 aromatic heterocycles. The third-order valence-corrected chi connectivity index (χ3v) is 2.55. The molecule has 0 aliphatic carbocycles. The highest BCUT2D eigenvalue weighted by Gasteiger charge is 2.14. The fourth-order valence-electron chi connectivity index (χ4n) is 1.43. The van der Waals surface area contributed by atoms with Crippen molar-refractivity contribution in [2.75, 3.05) is 13.1 Å². The Morgan fingerprint density at radius 2 is 2.00 bits per heavy atom. The molecule has 0 saturated carbocycles. The fourth-order valence-corrected chi connectivity index (χ4v) is 1.52. The summed E-state index contributed by atoms with van der Waals surface area (Å²) in [5.41, 5.74) is 5.46. The van der Waals surface area contributed by atoms with Crippen molar-refractivity contribution in [2.45, 2.75) is 46.5 Å². The summed E-state index contributed by atoms with van der Waals surface area (Å²) >= 11 is 4.84. The number of nitrogens with zero attached hydrogens (tertiary/aromatic N) is 1. The number of carbonyl (C=O) groups is 1. The zero-order chi connectivity index (χ0) is 12.6. The first-order valence-electron chi connectivity index (χ1n) is 6.03. The van der Waals surface area contributed by atoms with E-state index in [1.165, 1.54) is 0 Å². The van der Waals surface area contributed by atoms with Crippen LogP contribution in [0.5, 0.6) is 0 Å². The van der Waals surface area contributed by atoms with Gasteiger partial charge in [0.15, 0.2) is 0 Å². The van der Waals surface area contributed by atoms with Crippen LogP contribution in [0, 0.1) is 5.92 Å². The summed E-state index contributed by atoms with van der Waals surface area (Å²) in [6, 6.07) is 0. The van der Waals surface area contributed by atoms with Crippen molar-refractivity contribution >= 4 is 23.1 Å². The van der Waals surface area contributed by atoms with Gasteiger partial charge in [0.05, 0.1) is 4.99 Å². The predicted molar refractivity (Wildman–Crippen MR) is 72.3 cm³/mol. The van der Waals surface area contributed by atoms with Crippen LogP contribution in [0.3, 0.4) is 0 Å². The standard InChI is InChI=1S/C12H24N2OS/c1-4-5-7-14(8-6-11(13)16)12(15)9-10(2)3/h10H,4-9H2,1-3H3,(H2,13,16). The van der Waals surface area contributed by atoms with Gasteiger partial charge in [0.25, 0.3) is 0 Å². The zero-order valence-corrected chi connectivity index (χ0v) is 11.5. The van der Waals surface area contributed by atoms with Gasteiger partial charge in [-0.25, -0.2) is 0 Å². The lowest BCUT2D eigenvalue weighted by molar-refractivity contribution is -0.132. The Morgan fingerprint density at radius 3 is 2.44 bits per heavy atom. The van der Waals surface area contributed by atoms with Gasteiger partial charge in [0, 0.05) is 25.9 Å². The molecule has 1 amide bonds. The number of rotatable bonds is 8. The molecule has 0 fully saturated rings. The Labute approximate surface area is 104 Å². The van der Waals surface area contributed by atoms with E-state index in [0.29, 0.717) is 30.3 Å². The topological polar surface area (TPSA) is 46.3 Å². The average molecular weight is 244 g/mol. The molecule has 0 spiro atoms. The normalized spacial score (nSPS) is 10.5. The van der Waals surface area contributed by atoms with E-state index >= 15 is 0 Å². The highest BCUT2D eigenvalue weighted by molar-refractivity contribution is 7.80. The molecule has 0 radical (unpaired) electrons. The Bertz CT molecular complexity index is 229. The maximum atomic E-state index is 11.9. The van der Waals surface area contributed by atoms with E-state index in [4.69, 9.17) is 18.0 Å². The Balaban J connectivity index is 4.17. The number of hydrogen-bond acceptors (Lipinski definition) is 2. The van der Waals surface area contributed by atoms with E-state index in [2.05, 4.69) is 20.8 Å². The van der Waals surface area contributed by atoms with Crippen molar-refractivity contribution in [1.82, 2.24) is 4.90 Å². The molecule has 3 nitrogen and oxygen atoms in total. The van der Waals surface area contributed by atoms with Gasteiger partial charge >= 0.3 is 0 Å². The minimum atomic E-state index is 0.222. The molecule has 0 aliphatic heterocycles. The summed E-state index contributed by atoms with van der Waals surface area (Å²) < 4.78 is 0. The van der Waals surface area contributed by atoms with Crippen LogP contribution in [0.2, 0.25) is 0 Å². The van der Waals surface area contributed by atoms with Gasteiger partial charge in [-0.1, -0.05) is 39.4 Å². The number of hydrogen-bond donors (Lipinski definition) is 1. The maximum Gasteiger partial charge on any atom is 0.222 e. The van der Waals surface area contributed by atoms with Gasteiger partial charge in [-0.2, -0.15) is 0 Å². The van der Waals surface area contributed by atoms with Crippen molar-refractivity contribution in [2.24, 2.45) is 11.7 Å². The summed E-state index contributed by atoms with van der Waals surface area (Å²) in [5, 5.41) is 0. The molecule has 0 aromatic rings. The van der Waals surface area contributed by atoms with E-state index in [-0.39, 0.29) is 5.91 Å². The summed E-state index contributed by atoms with van der Waals surface area (Å²) in [6.45, 7) is 7.73. The Kier molecular flexibility index (Phi) is 8.16. The van der Waals surface area contributed by atoms with Crippen LogP contribution in [0.4, 0.5) is 0 Å². The lowest BCUT2D eigenvalue weighted by Crippen LogP contribution is -2.35.